The predicted octanol–water partition coefficient (Wildman–Crippen LogP) is 2.73. The van der Waals surface area contributed by atoms with Crippen molar-refractivity contribution in [1.82, 2.24) is 0 Å². The first-order valence-electron chi connectivity index (χ1n) is 4.72. The van der Waals surface area contributed by atoms with Crippen molar-refractivity contribution in [1.29, 1.82) is 0 Å². The Balaban J connectivity index is 3.07. The molecule has 0 bridgehead atoms. The lowest BCUT2D eigenvalue weighted by molar-refractivity contribution is 0.564. The lowest BCUT2D eigenvalue weighted by Gasteiger charge is -2.14. The summed E-state index contributed by atoms with van der Waals surface area (Å²) in [7, 11) is 0. The predicted molar refractivity (Wildman–Crippen MR) is 53.2 cm³/mol. The molecule has 14 heavy (non-hydrogen) atoms. The van der Waals surface area contributed by atoms with Gasteiger partial charge < -0.3 is 5.73 Å². The quantitative estimate of drug-likeness (QED) is 0.795. The van der Waals surface area contributed by atoms with Crippen LogP contribution < -0.4 is 5.73 Å². The summed E-state index contributed by atoms with van der Waals surface area (Å²) in [6.07, 6.45) is 0.740. The summed E-state index contributed by atoms with van der Waals surface area (Å²) >= 11 is 0. The van der Waals surface area contributed by atoms with Crippen LogP contribution in [0, 0.1) is 18.6 Å². The highest BCUT2D eigenvalue weighted by molar-refractivity contribution is 5.30. The van der Waals surface area contributed by atoms with Crippen LogP contribution in [0.2, 0.25) is 0 Å². The molecule has 3 heteroatoms. The van der Waals surface area contributed by atoms with Gasteiger partial charge in [-0.2, -0.15) is 0 Å². The summed E-state index contributed by atoms with van der Waals surface area (Å²) in [5, 5.41) is 0. The molecule has 1 nitrogen and oxygen atoms in total. The fourth-order valence-corrected chi connectivity index (χ4v) is 1.58. The third kappa shape index (κ3) is 2.29. The van der Waals surface area contributed by atoms with E-state index in [1.54, 1.807) is 6.92 Å². The summed E-state index contributed by atoms with van der Waals surface area (Å²) in [4.78, 5) is 0. The number of nitrogens with two attached hydrogens (primary N) is 1. The van der Waals surface area contributed by atoms with E-state index in [1.807, 2.05) is 6.92 Å². The fourth-order valence-electron chi connectivity index (χ4n) is 1.58. The van der Waals surface area contributed by atoms with Gasteiger partial charge in [0.15, 0.2) is 0 Å². The second kappa shape index (κ2) is 4.51. The molecule has 0 aliphatic heterocycles. The standard InChI is InChI=1S/C11H15F2N/c1-7(3-4-14)10-5-9(12)6-11(13)8(10)2/h5-7H,3-4,14H2,1-2H3. The van der Waals surface area contributed by atoms with Crippen LogP contribution >= 0.6 is 0 Å². The Labute approximate surface area is 82.9 Å². The summed E-state index contributed by atoms with van der Waals surface area (Å²) in [5.41, 5.74) is 6.64. The molecule has 0 radical (unpaired) electrons. The lowest BCUT2D eigenvalue weighted by Crippen LogP contribution is -2.07. The van der Waals surface area contributed by atoms with Crippen LogP contribution in [0.3, 0.4) is 0 Å². The minimum atomic E-state index is -0.521. The van der Waals surface area contributed by atoms with Crippen molar-refractivity contribution in [3.8, 4) is 0 Å². The van der Waals surface area contributed by atoms with Gasteiger partial charge in [0.2, 0.25) is 0 Å². The summed E-state index contributed by atoms with van der Waals surface area (Å²) in [5.74, 6) is -0.902. The first-order chi connectivity index (χ1) is 6.56. The van der Waals surface area contributed by atoms with Gasteiger partial charge in [-0.1, -0.05) is 6.92 Å². The second-order valence-corrected chi connectivity index (χ2v) is 3.58. The fraction of sp³-hybridized carbons (Fsp3) is 0.455. The van der Waals surface area contributed by atoms with Gasteiger partial charge in [-0.05, 0) is 43.0 Å². The zero-order chi connectivity index (χ0) is 10.7. The summed E-state index contributed by atoms with van der Waals surface area (Å²) in [6, 6.07) is 2.30. The Morgan fingerprint density at radius 3 is 2.57 bits per heavy atom. The third-order valence-electron chi connectivity index (χ3n) is 2.48. The van der Waals surface area contributed by atoms with Gasteiger partial charge in [0.05, 0.1) is 0 Å². The topological polar surface area (TPSA) is 26.0 Å². The normalized spacial score (nSPS) is 12.9. The van der Waals surface area contributed by atoms with Gasteiger partial charge in [-0.15, -0.1) is 0 Å². The zero-order valence-corrected chi connectivity index (χ0v) is 8.48. The first-order valence-corrected chi connectivity index (χ1v) is 4.72. The number of rotatable bonds is 3. The highest BCUT2D eigenvalue weighted by Gasteiger charge is 2.12. The van der Waals surface area contributed by atoms with Crippen LogP contribution in [-0.2, 0) is 0 Å². The SMILES string of the molecule is Cc1c(F)cc(F)cc1C(C)CCN. The van der Waals surface area contributed by atoms with Crippen LogP contribution in [0.4, 0.5) is 8.78 Å². The Morgan fingerprint density at radius 1 is 1.36 bits per heavy atom. The van der Waals surface area contributed by atoms with Crippen molar-refractivity contribution < 1.29 is 8.78 Å². The number of benzene rings is 1. The third-order valence-corrected chi connectivity index (χ3v) is 2.48. The van der Waals surface area contributed by atoms with Crippen LogP contribution in [-0.4, -0.2) is 6.54 Å². The molecular formula is C11H15F2N. The molecule has 1 unspecified atom stereocenters. The van der Waals surface area contributed by atoms with Gasteiger partial charge in [0.25, 0.3) is 0 Å². The largest absolute Gasteiger partial charge is 0.330 e. The molecule has 0 spiro atoms. The molecule has 0 heterocycles. The van der Waals surface area contributed by atoms with Crippen LogP contribution in [0.15, 0.2) is 12.1 Å². The van der Waals surface area contributed by atoms with Crippen molar-refractivity contribution in [2.75, 3.05) is 6.54 Å². The van der Waals surface area contributed by atoms with E-state index >= 15 is 0 Å². The Morgan fingerprint density at radius 2 is 2.00 bits per heavy atom. The second-order valence-electron chi connectivity index (χ2n) is 3.58. The molecule has 1 atom stereocenters. The van der Waals surface area contributed by atoms with E-state index in [-0.39, 0.29) is 5.92 Å². The van der Waals surface area contributed by atoms with Crippen LogP contribution in [0.25, 0.3) is 0 Å². The van der Waals surface area contributed by atoms with Crippen molar-refractivity contribution in [2.45, 2.75) is 26.2 Å². The maximum Gasteiger partial charge on any atom is 0.129 e. The maximum atomic E-state index is 13.2. The van der Waals surface area contributed by atoms with E-state index in [0.29, 0.717) is 17.7 Å². The molecule has 2 N–H and O–H groups in total. The van der Waals surface area contributed by atoms with Gasteiger partial charge in [-0.25, -0.2) is 8.78 Å². The smallest absolute Gasteiger partial charge is 0.129 e. The Hall–Kier alpha value is -0.960. The minimum absolute atomic E-state index is 0.102. The minimum Gasteiger partial charge on any atom is -0.330 e. The molecule has 1 rings (SSSR count). The molecule has 0 aliphatic carbocycles. The molecule has 0 saturated carbocycles. The molecule has 1 aromatic carbocycles. The molecule has 1 aromatic rings. The van der Waals surface area contributed by atoms with Gasteiger partial charge in [0, 0.05) is 6.07 Å². The monoisotopic (exact) mass is 199 g/mol. The van der Waals surface area contributed by atoms with E-state index in [4.69, 9.17) is 5.73 Å². The van der Waals surface area contributed by atoms with E-state index in [0.717, 1.165) is 12.5 Å². The van der Waals surface area contributed by atoms with Crippen molar-refractivity contribution in [3.05, 3.63) is 34.9 Å². The van der Waals surface area contributed by atoms with Crippen LogP contribution in [0.5, 0.6) is 0 Å². The van der Waals surface area contributed by atoms with E-state index in [2.05, 4.69) is 0 Å². The average Bonchev–Trinajstić information content (AvgIpc) is 2.11. The van der Waals surface area contributed by atoms with Gasteiger partial charge in [0.1, 0.15) is 11.6 Å². The van der Waals surface area contributed by atoms with E-state index < -0.39 is 11.6 Å². The summed E-state index contributed by atoms with van der Waals surface area (Å²) < 4.78 is 26.1. The number of hydrogen-bond acceptors (Lipinski definition) is 1. The molecule has 0 fully saturated rings. The first kappa shape index (κ1) is 11.1. The average molecular weight is 199 g/mol. The molecule has 0 aromatic heterocycles. The molecule has 0 saturated heterocycles. The van der Waals surface area contributed by atoms with Crippen molar-refractivity contribution >= 4 is 0 Å². The highest BCUT2D eigenvalue weighted by atomic mass is 19.1. The zero-order valence-electron chi connectivity index (χ0n) is 8.48. The lowest BCUT2D eigenvalue weighted by atomic mass is 9.93. The molecule has 0 aliphatic rings. The van der Waals surface area contributed by atoms with Crippen LogP contribution in [0.1, 0.15) is 30.4 Å². The number of hydrogen-bond donors (Lipinski definition) is 1. The highest BCUT2D eigenvalue weighted by Crippen LogP contribution is 2.24. The number of halogens is 2. The molecular weight excluding hydrogens is 184 g/mol. The van der Waals surface area contributed by atoms with Gasteiger partial charge in [-0.3, -0.25) is 0 Å². The van der Waals surface area contributed by atoms with Crippen molar-refractivity contribution in [2.24, 2.45) is 5.73 Å². The Kier molecular flexibility index (Phi) is 3.58. The van der Waals surface area contributed by atoms with E-state index in [9.17, 15) is 8.78 Å². The van der Waals surface area contributed by atoms with E-state index in [1.165, 1.54) is 6.07 Å². The Bertz CT molecular complexity index is 323. The maximum absolute atomic E-state index is 13.2. The summed E-state index contributed by atoms with van der Waals surface area (Å²) in [6.45, 7) is 4.12. The van der Waals surface area contributed by atoms with Gasteiger partial charge >= 0.3 is 0 Å². The molecule has 0 amide bonds. The van der Waals surface area contributed by atoms with Crippen molar-refractivity contribution in [3.63, 3.8) is 0 Å². The molecule has 78 valence electrons.